The van der Waals surface area contributed by atoms with Crippen LogP contribution in [0.5, 0.6) is 0 Å². The summed E-state index contributed by atoms with van der Waals surface area (Å²) in [6, 6.07) is 0. The minimum Gasteiger partial charge on any atom is -0.354 e. The van der Waals surface area contributed by atoms with Crippen molar-refractivity contribution in [3.63, 3.8) is 0 Å². The van der Waals surface area contributed by atoms with Crippen molar-refractivity contribution in [3.05, 3.63) is 7.05 Å². The summed E-state index contributed by atoms with van der Waals surface area (Å²) in [5.74, 6) is 0.392. The molecule has 0 aromatic heterocycles. The number of amides is 1. The zero-order chi connectivity index (χ0) is 5.98. The number of hydrogen-bond donors (Lipinski definition) is 1. The van der Waals surface area contributed by atoms with Gasteiger partial charge >= 0.3 is 0 Å². The normalized spacial score (nSPS) is 19.6. The van der Waals surface area contributed by atoms with Gasteiger partial charge in [0.2, 0.25) is 5.91 Å². The van der Waals surface area contributed by atoms with E-state index in [2.05, 4.69) is 12.4 Å². The molecular weight excluding hydrogens is 102 g/mol. The van der Waals surface area contributed by atoms with E-state index in [9.17, 15) is 4.79 Å². The molecule has 0 spiro atoms. The largest absolute Gasteiger partial charge is 0.354 e. The molecule has 2 heteroatoms. The fourth-order valence-electron chi connectivity index (χ4n) is 0.815. The summed E-state index contributed by atoms with van der Waals surface area (Å²) in [5, 5.41) is 2.38. The van der Waals surface area contributed by atoms with Crippen molar-refractivity contribution in [2.24, 2.45) is 5.92 Å². The molecule has 1 aliphatic rings. The van der Waals surface area contributed by atoms with Crippen LogP contribution in [0, 0.1) is 13.0 Å². The van der Waals surface area contributed by atoms with Gasteiger partial charge in [0.05, 0.1) is 0 Å². The van der Waals surface area contributed by atoms with Gasteiger partial charge in [-0.05, 0) is 12.8 Å². The maximum absolute atomic E-state index is 10.6. The van der Waals surface area contributed by atoms with Crippen molar-refractivity contribution in [2.75, 3.05) is 0 Å². The van der Waals surface area contributed by atoms with Gasteiger partial charge in [0.25, 0.3) is 0 Å². The molecule has 0 unspecified atom stereocenters. The van der Waals surface area contributed by atoms with Gasteiger partial charge in [-0.2, -0.15) is 0 Å². The van der Waals surface area contributed by atoms with Gasteiger partial charge in [-0.1, -0.05) is 6.42 Å². The Hall–Kier alpha value is -0.530. The molecule has 1 saturated carbocycles. The Morgan fingerprint density at radius 1 is 1.62 bits per heavy atom. The molecule has 1 N–H and O–H groups in total. The zero-order valence-electron chi connectivity index (χ0n) is 4.81. The molecule has 2 nitrogen and oxygen atoms in total. The average Bonchev–Trinajstić information content (AvgIpc) is 1.62. The molecule has 0 aromatic rings. The van der Waals surface area contributed by atoms with Crippen LogP contribution in [0.3, 0.4) is 0 Å². The monoisotopic (exact) mass is 112 g/mol. The predicted molar refractivity (Wildman–Crippen MR) is 30.8 cm³/mol. The Morgan fingerprint density at radius 2 is 2.25 bits per heavy atom. The Morgan fingerprint density at radius 3 is 2.38 bits per heavy atom. The second-order valence-corrected chi connectivity index (χ2v) is 2.17. The van der Waals surface area contributed by atoms with Crippen molar-refractivity contribution in [1.82, 2.24) is 5.32 Å². The lowest BCUT2D eigenvalue weighted by Crippen LogP contribution is -2.30. The number of hydrogen-bond acceptors (Lipinski definition) is 1. The summed E-state index contributed by atoms with van der Waals surface area (Å²) in [7, 11) is 3.29. The highest BCUT2D eigenvalue weighted by molar-refractivity contribution is 5.79. The molecule has 1 rings (SSSR count). The number of rotatable bonds is 1. The summed E-state index contributed by atoms with van der Waals surface area (Å²) in [5.41, 5.74) is 0. The first-order valence-electron chi connectivity index (χ1n) is 2.91. The predicted octanol–water partition coefficient (Wildman–Crippen LogP) is 0.694. The van der Waals surface area contributed by atoms with E-state index in [1.54, 1.807) is 0 Å². The first kappa shape index (κ1) is 5.60. The molecular formula is C6H10NO. The van der Waals surface area contributed by atoms with E-state index in [1.807, 2.05) is 0 Å². The van der Waals surface area contributed by atoms with Gasteiger partial charge in [0.15, 0.2) is 0 Å². The van der Waals surface area contributed by atoms with Gasteiger partial charge < -0.3 is 5.32 Å². The molecule has 0 atom stereocenters. The highest BCUT2D eigenvalue weighted by Gasteiger charge is 2.23. The van der Waals surface area contributed by atoms with Crippen LogP contribution >= 0.6 is 0 Å². The summed E-state index contributed by atoms with van der Waals surface area (Å²) in [4.78, 5) is 10.6. The summed E-state index contributed by atoms with van der Waals surface area (Å²) >= 11 is 0. The number of nitrogens with one attached hydrogen (secondary N) is 1. The molecule has 0 saturated heterocycles. The van der Waals surface area contributed by atoms with Crippen LogP contribution in [-0.2, 0) is 4.79 Å². The van der Waals surface area contributed by atoms with E-state index in [4.69, 9.17) is 0 Å². The minimum absolute atomic E-state index is 0.108. The topological polar surface area (TPSA) is 29.1 Å². The first-order valence-corrected chi connectivity index (χ1v) is 2.91. The SMILES string of the molecule is [CH2]NC(=O)C1CCC1. The molecule has 0 bridgehead atoms. The Labute approximate surface area is 49.3 Å². The van der Waals surface area contributed by atoms with Crippen molar-refractivity contribution < 1.29 is 4.79 Å². The maximum atomic E-state index is 10.6. The van der Waals surface area contributed by atoms with Crippen molar-refractivity contribution >= 4 is 5.91 Å². The van der Waals surface area contributed by atoms with Gasteiger partial charge in [-0.25, -0.2) is 0 Å². The van der Waals surface area contributed by atoms with E-state index in [0.717, 1.165) is 12.8 Å². The standard InChI is InChI=1S/C6H10NO/c1-7-6(8)5-3-2-4-5/h5H,1-4H2,(H,7,8). The lowest BCUT2D eigenvalue weighted by atomic mass is 9.85. The molecule has 1 amide bonds. The lowest BCUT2D eigenvalue weighted by Gasteiger charge is -2.22. The summed E-state index contributed by atoms with van der Waals surface area (Å²) < 4.78 is 0. The Balaban J connectivity index is 2.24. The Kier molecular flexibility index (Phi) is 1.51. The van der Waals surface area contributed by atoms with Crippen LogP contribution in [-0.4, -0.2) is 5.91 Å². The van der Waals surface area contributed by atoms with E-state index in [-0.39, 0.29) is 11.8 Å². The highest BCUT2D eigenvalue weighted by atomic mass is 16.1. The third-order valence-corrected chi connectivity index (χ3v) is 1.65. The summed E-state index contributed by atoms with van der Waals surface area (Å²) in [6.07, 6.45) is 3.32. The quantitative estimate of drug-likeness (QED) is 0.531. The van der Waals surface area contributed by atoms with E-state index < -0.39 is 0 Å². The highest BCUT2D eigenvalue weighted by Crippen LogP contribution is 2.25. The van der Waals surface area contributed by atoms with Gasteiger partial charge in [0.1, 0.15) is 0 Å². The average molecular weight is 112 g/mol. The van der Waals surface area contributed by atoms with E-state index in [1.165, 1.54) is 6.42 Å². The second-order valence-electron chi connectivity index (χ2n) is 2.17. The smallest absolute Gasteiger partial charge is 0.223 e. The van der Waals surface area contributed by atoms with Gasteiger partial charge in [-0.15, -0.1) is 0 Å². The van der Waals surface area contributed by atoms with Crippen LogP contribution in [0.25, 0.3) is 0 Å². The fraction of sp³-hybridized carbons (Fsp3) is 0.667. The van der Waals surface area contributed by atoms with Crippen LogP contribution in [0.4, 0.5) is 0 Å². The molecule has 0 aromatic carbocycles. The third-order valence-electron chi connectivity index (χ3n) is 1.65. The van der Waals surface area contributed by atoms with Gasteiger partial charge in [0, 0.05) is 13.0 Å². The molecule has 1 radical (unpaired) electrons. The van der Waals surface area contributed by atoms with Crippen molar-refractivity contribution in [2.45, 2.75) is 19.3 Å². The van der Waals surface area contributed by atoms with Crippen molar-refractivity contribution in [1.29, 1.82) is 0 Å². The zero-order valence-corrected chi connectivity index (χ0v) is 4.81. The molecule has 45 valence electrons. The van der Waals surface area contributed by atoms with Crippen LogP contribution < -0.4 is 5.32 Å². The van der Waals surface area contributed by atoms with E-state index in [0.29, 0.717) is 0 Å². The molecule has 8 heavy (non-hydrogen) atoms. The van der Waals surface area contributed by atoms with Crippen LogP contribution in [0.2, 0.25) is 0 Å². The summed E-state index contributed by atoms with van der Waals surface area (Å²) in [6.45, 7) is 0. The van der Waals surface area contributed by atoms with Crippen LogP contribution in [0.1, 0.15) is 19.3 Å². The number of carbonyl (C=O) groups is 1. The van der Waals surface area contributed by atoms with Crippen molar-refractivity contribution in [3.8, 4) is 0 Å². The molecule has 0 aliphatic heterocycles. The molecule has 0 heterocycles. The van der Waals surface area contributed by atoms with Crippen LogP contribution in [0.15, 0.2) is 0 Å². The lowest BCUT2D eigenvalue weighted by molar-refractivity contribution is -0.126. The first-order chi connectivity index (χ1) is 3.84. The third kappa shape index (κ3) is 0.831. The minimum atomic E-state index is 0.108. The molecule has 1 aliphatic carbocycles. The maximum Gasteiger partial charge on any atom is 0.223 e. The number of carbonyl (C=O) groups excluding carboxylic acids is 1. The van der Waals surface area contributed by atoms with E-state index >= 15 is 0 Å². The fourth-order valence-corrected chi connectivity index (χ4v) is 0.815. The van der Waals surface area contributed by atoms with Gasteiger partial charge in [-0.3, -0.25) is 4.79 Å². The Bertz CT molecular complexity index is 96.7. The molecule has 1 fully saturated rings. The second kappa shape index (κ2) is 2.16.